The molecule has 0 bridgehead atoms. The monoisotopic (exact) mass is 517 g/mol. The average Bonchev–Trinajstić information content (AvgIpc) is 3.13. The lowest BCUT2D eigenvalue weighted by atomic mass is 10.0. The summed E-state index contributed by atoms with van der Waals surface area (Å²) in [6, 6.07) is 10.2. The van der Waals surface area contributed by atoms with Crippen molar-refractivity contribution in [2.45, 2.75) is 24.3 Å². The van der Waals surface area contributed by atoms with Gasteiger partial charge in [0.25, 0.3) is 0 Å². The Bertz CT molecular complexity index is 1160. The van der Waals surface area contributed by atoms with Crippen LogP contribution in [0, 0.1) is 0 Å². The molecule has 1 aliphatic carbocycles. The van der Waals surface area contributed by atoms with Crippen LogP contribution in [-0.4, -0.2) is 20.2 Å². The van der Waals surface area contributed by atoms with Crippen molar-refractivity contribution in [1.29, 1.82) is 0 Å². The van der Waals surface area contributed by atoms with E-state index < -0.39 is 27.0 Å². The number of fused-ring (bicyclic) bond motifs is 1. The van der Waals surface area contributed by atoms with Gasteiger partial charge in [0.2, 0.25) is 10.0 Å². The number of rotatable bonds is 3. The van der Waals surface area contributed by atoms with E-state index in [1.54, 1.807) is 18.2 Å². The highest BCUT2D eigenvalue weighted by Gasteiger charge is 2.36. The molecule has 158 valence electrons. The van der Waals surface area contributed by atoms with Gasteiger partial charge in [0.15, 0.2) is 0 Å². The van der Waals surface area contributed by atoms with Gasteiger partial charge in [0.05, 0.1) is 16.3 Å². The van der Waals surface area contributed by atoms with Gasteiger partial charge in [-0.25, -0.2) is 8.42 Å². The van der Waals surface area contributed by atoms with Gasteiger partial charge in [0.1, 0.15) is 5.25 Å². The molecule has 0 aromatic heterocycles. The minimum absolute atomic E-state index is 0.320. The van der Waals surface area contributed by atoms with Crippen molar-refractivity contribution in [2.24, 2.45) is 0 Å². The van der Waals surface area contributed by atoms with Crippen molar-refractivity contribution >= 4 is 43.2 Å². The molecule has 0 fully saturated rings. The average molecular weight is 519 g/mol. The van der Waals surface area contributed by atoms with Crippen LogP contribution in [0.25, 0.3) is 11.1 Å². The SMILES string of the molecule is O=S(=O)(C1C=C(Cl)C(Br)=CC1)N1CCc2cc(-c3ccc(C(F)(F)F)cc3)ccc21. The number of nitrogens with zero attached hydrogens (tertiary/aromatic N) is 1. The van der Waals surface area contributed by atoms with E-state index in [-0.39, 0.29) is 0 Å². The zero-order chi connectivity index (χ0) is 21.7. The maximum atomic E-state index is 13.2. The third kappa shape index (κ3) is 3.92. The molecule has 0 radical (unpaired) electrons. The van der Waals surface area contributed by atoms with E-state index in [1.165, 1.54) is 22.5 Å². The summed E-state index contributed by atoms with van der Waals surface area (Å²) in [5.41, 5.74) is 2.13. The molecule has 3 nitrogen and oxygen atoms in total. The van der Waals surface area contributed by atoms with Crippen LogP contribution in [0.2, 0.25) is 0 Å². The number of allylic oxidation sites excluding steroid dienone is 3. The van der Waals surface area contributed by atoms with Crippen LogP contribution in [0.4, 0.5) is 18.9 Å². The zero-order valence-electron chi connectivity index (χ0n) is 15.5. The molecule has 1 heterocycles. The van der Waals surface area contributed by atoms with E-state index >= 15 is 0 Å². The third-order valence-corrected chi connectivity index (χ3v) is 8.65. The third-order valence-electron chi connectivity index (χ3n) is 5.26. The first-order valence-corrected chi connectivity index (χ1v) is 11.8. The summed E-state index contributed by atoms with van der Waals surface area (Å²) in [7, 11) is -3.65. The number of hydrogen-bond acceptors (Lipinski definition) is 2. The Labute approximate surface area is 186 Å². The second-order valence-corrected chi connectivity index (χ2v) is 10.5. The summed E-state index contributed by atoms with van der Waals surface area (Å²) in [6.07, 6.45) is -0.237. The Balaban J connectivity index is 1.61. The summed E-state index contributed by atoms with van der Waals surface area (Å²) in [6.45, 7) is 0.320. The molecule has 2 aromatic carbocycles. The molecular weight excluding hydrogens is 503 g/mol. The molecule has 0 spiro atoms. The zero-order valence-corrected chi connectivity index (χ0v) is 18.6. The van der Waals surface area contributed by atoms with Crippen molar-refractivity contribution in [3.05, 3.63) is 75.3 Å². The quantitative estimate of drug-likeness (QED) is 0.482. The fourth-order valence-corrected chi connectivity index (χ4v) is 6.06. The smallest absolute Gasteiger partial charge is 0.269 e. The van der Waals surface area contributed by atoms with Crippen LogP contribution >= 0.6 is 27.5 Å². The second-order valence-electron chi connectivity index (χ2n) is 7.13. The molecule has 0 amide bonds. The van der Waals surface area contributed by atoms with Crippen molar-refractivity contribution in [1.82, 2.24) is 0 Å². The Morgan fingerprint density at radius 2 is 1.73 bits per heavy atom. The second kappa shape index (κ2) is 7.73. The van der Waals surface area contributed by atoms with Crippen LogP contribution in [0.5, 0.6) is 0 Å². The van der Waals surface area contributed by atoms with E-state index in [0.717, 1.165) is 23.3 Å². The van der Waals surface area contributed by atoms with Gasteiger partial charge in [-0.1, -0.05) is 35.9 Å². The van der Waals surface area contributed by atoms with E-state index in [2.05, 4.69) is 15.9 Å². The summed E-state index contributed by atoms with van der Waals surface area (Å²) >= 11 is 9.39. The number of alkyl halides is 3. The van der Waals surface area contributed by atoms with Crippen LogP contribution in [0.1, 0.15) is 17.5 Å². The van der Waals surface area contributed by atoms with Gasteiger partial charge in [0, 0.05) is 11.0 Å². The van der Waals surface area contributed by atoms with Crippen molar-refractivity contribution < 1.29 is 21.6 Å². The molecule has 0 saturated heterocycles. The fraction of sp³-hybridized carbons (Fsp3) is 0.238. The van der Waals surface area contributed by atoms with Gasteiger partial charge >= 0.3 is 6.18 Å². The maximum Gasteiger partial charge on any atom is 0.416 e. The van der Waals surface area contributed by atoms with Crippen LogP contribution in [0.3, 0.4) is 0 Å². The molecular formula is C21H16BrClF3NO2S. The molecule has 1 unspecified atom stereocenters. The lowest BCUT2D eigenvalue weighted by Gasteiger charge is -2.25. The Morgan fingerprint density at radius 3 is 2.37 bits per heavy atom. The van der Waals surface area contributed by atoms with E-state index in [9.17, 15) is 21.6 Å². The maximum absolute atomic E-state index is 13.2. The highest BCUT2D eigenvalue weighted by Crippen LogP contribution is 2.38. The van der Waals surface area contributed by atoms with E-state index in [0.29, 0.717) is 40.2 Å². The number of benzene rings is 2. The first kappa shape index (κ1) is 21.5. The molecule has 9 heteroatoms. The first-order valence-electron chi connectivity index (χ1n) is 9.13. The first-order chi connectivity index (χ1) is 14.1. The van der Waals surface area contributed by atoms with Gasteiger partial charge in [-0.05, 0) is 75.8 Å². The number of hydrogen-bond donors (Lipinski definition) is 0. The molecule has 2 aliphatic rings. The molecule has 2 aromatic rings. The predicted molar refractivity (Wildman–Crippen MR) is 116 cm³/mol. The lowest BCUT2D eigenvalue weighted by molar-refractivity contribution is -0.137. The molecule has 1 aliphatic heterocycles. The molecule has 30 heavy (non-hydrogen) atoms. The number of anilines is 1. The van der Waals surface area contributed by atoms with Crippen LogP contribution in [0.15, 0.2) is 64.1 Å². The highest BCUT2D eigenvalue weighted by molar-refractivity contribution is 9.12. The van der Waals surface area contributed by atoms with Gasteiger partial charge in [-0.3, -0.25) is 4.31 Å². The summed E-state index contributed by atoms with van der Waals surface area (Å²) in [5, 5.41) is -0.376. The minimum atomic E-state index is -4.38. The van der Waals surface area contributed by atoms with Gasteiger partial charge in [-0.2, -0.15) is 13.2 Å². The molecule has 1 atom stereocenters. The van der Waals surface area contributed by atoms with Gasteiger partial charge < -0.3 is 0 Å². The standard InChI is InChI=1S/C21H16BrClF3NO2S/c22-18-7-6-17(12-19(18)23)30(28,29)27-10-9-15-11-14(3-8-20(15)27)13-1-4-16(5-2-13)21(24,25)26/h1-5,7-8,11-12,17H,6,9-10H2. The van der Waals surface area contributed by atoms with Crippen molar-refractivity contribution in [3.63, 3.8) is 0 Å². The largest absolute Gasteiger partial charge is 0.416 e. The Kier molecular flexibility index (Phi) is 5.53. The topological polar surface area (TPSA) is 37.4 Å². The lowest BCUT2D eigenvalue weighted by Crippen LogP contribution is -2.37. The van der Waals surface area contributed by atoms with Crippen LogP contribution < -0.4 is 4.31 Å². The van der Waals surface area contributed by atoms with Crippen molar-refractivity contribution in [2.75, 3.05) is 10.8 Å². The van der Waals surface area contributed by atoms with E-state index in [1.807, 2.05) is 6.07 Å². The Hall–Kier alpha value is -1.77. The molecule has 4 rings (SSSR count). The minimum Gasteiger partial charge on any atom is -0.269 e. The normalized spacial score (nSPS) is 19.4. The van der Waals surface area contributed by atoms with E-state index in [4.69, 9.17) is 11.6 Å². The van der Waals surface area contributed by atoms with Gasteiger partial charge in [-0.15, -0.1) is 0 Å². The predicted octanol–water partition coefficient (Wildman–Crippen LogP) is 6.24. The summed E-state index contributed by atoms with van der Waals surface area (Å²) < 4.78 is 66.7. The summed E-state index contributed by atoms with van der Waals surface area (Å²) in [5.74, 6) is 0. The van der Waals surface area contributed by atoms with Crippen LogP contribution in [-0.2, 0) is 22.6 Å². The fourth-order valence-electron chi connectivity index (χ4n) is 3.67. The highest BCUT2D eigenvalue weighted by atomic mass is 79.9. The van der Waals surface area contributed by atoms with Crippen molar-refractivity contribution in [3.8, 4) is 11.1 Å². The number of halogens is 5. The Morgan fingerprint density at radius 1 is 1.07 bits per heavy atom. The summed E-state index contributed by atoms with van der Waals surface area (Å²) in [4.78, 5) is 0. The number of sulfonamides is 1. The molecule has 0 N–H and O–H groups in total. The molecule has 0 saturated carbocycles.